The van der Waals surface area contributed by atoms with E-state index in [0.29, 0.717) is 16.1 Å². The van der Waals surface area contributed by atoms with Crippen LogP contribution in [0.25, 0.3) is 10.9 Å². The van der Waals surface area contributed by atoms with Crippen LogP contribution >= 0.6 is 11.8 Å². The monoisotopic (exact) mass is 373 g/mol. The second-order valence-electron chi connectivity index (χ2n) is 7.51. The van der Waals surface area contributed by atoms with Gasteiger partial charge < -0.3 is 4.90 Å². The average Bonchev–Trinajstić information content (AvgIpc) is 3.39. The van der Waals surface area contributed by atoms with E-state index in [1.54, 1.807) is 4.57 Å². The Balaban J connectivity index is 1.96. The summed E-state index contributed by atoms with van der Waals surface area (Å²) in [7, 11) is 0. The lowest BCUT2D eigenvalue weighted by molar-refractivity contribution is -0.133. The van der Waals surface area contributed by atoms with Crippen LogP contribution in [0, 0.1) is 0 Å². The van der Waals surface area contributed by atoms with Crippen LogP contribution in [-0.4, -0.2) is 37.7 Å². The van der Waals surface area contributed by atoms with Gasteiger partial charge in [-0.1, -0.05) is 23.9 Å². The van der Waals surface area contributed by atoms with E-state index in [1.165, 1.54) is 11.8 Å². The van der Waals surface area contributed by atoms with Crippen molar-refractivity contribution in [2.24, 2.45) is 0 Å². The molecule has 1 saturated carbocycles. The summed E-state index contributed by atoms with van der Waals surface area (Å²) >= 11 is 1.40. The first-order chi connectivity index (χ1) is 12.3. The van der Waals surface area contributed by atoms with Gasteiger partial charge in [-0.2, -0.15) is 0 Å². The fraction of sp³-hybridized carbons (Fsp3) is 0.550. The number of hydrogen-bond acceptors (Lipinski definition) is 4. The van der Waals surface area contributed by atoms with Crippen molar-refractivity contribution in [1.82, 2.24) is 14.5 Å². The fourth-order valence-electron chi connectivity index (χ4n) is 3.39. The third-order valence-corrected chi connectivity index (χ3v) is 5.74. The van der Waals surface area contributed by atoms with Crippen LogP contribution in [-0.2, 0) is 4.79 Å². The predicted molar refractivity (Wildman–Crippen MR) is 107 cm³/mol. The first kappa shape index (κ1) is 19.0. The molecule has 0 N–H and O–H groups in total. The van der Waals surface area contributed by atoms with Crippen LogP contribution in [0.3, 0.4) is 0 Å². The SMILES string of the molecule is CC(C)N(C(=O)[C@@H](C)Sc1nc2ccccc2c(=O)n1C1CC1)C(C)C. The number of hydrogen-bond donors (Lipinski definition) is 0. The molecule has 1 aliphatic carbocycles. The molecule has 1 fully saturated rings. The highest BCUT2D eigenvalue weighted by molar-refractivity contribution is 8.00. The third-order valence-electron chi connectivity index (χ3n) is 4.68. The van der Waals surface area contributed by atoms with E-state index in [4.69, 9.17) is 4.98 Å². The molecule has 3 rings (SSSR count). The van der Waals surface area contributed by atoms with Gasteiger partial charge in [-0.3, -0.25) is 14.2 Å². The van der Waals surface area contributed by atoms with Crippen molar-refractivity contribution in [1.29, 1.82) is 0 Å². The van der Waals surface area contributed by atoms with E-state index < -0.39 is 0 Å². The zero-order chi connectivity index (χ0) is 19.0. The quantitative estimate of drug-likeness (QED) is 0.570. The second-order valence-corrected chi connectivity index (χ2v) is 8.82. The Morgan fingerprint density at radius 1 is 1.15 bits per heavy atom. The van der Waals surface area contributed by atoms with E-state index in [0.717, 1.165) is 12.8 Å². The minimum absolute atomic E-state index is 0.00447. The Morgan fingerprint density at radius 3 is 2.35 bits per heavy atom. The summed E-state index contributed by atoms with van der Waals surface area (Å²) < 4.78 is 1.80. The molecule has 0 saturated heterocycles. The van der Waals surface area contributed by atoms with Crippen molar-refractivity contribution in [2.75, 3.05) is 0 Å². The highest BCUT2D eigenvalue weighted by atomic mass is 32.2. The molecular formula is C20H27N3O2S. The Labute approximate surface area is 158 Å². The molecule has 1 atom stereocenters. The van der Waals surface area contributed by atoms with E-state index in [2.05, 4.69) is 0 Å². The summed E-state index contributed by atoms with van der Waals surface area (Å²) in [6.07, 6.45) is 2.00. The maximum absolute atomic E-state index is 13.0. The third kappa shape index (κ3) is 3.65. The van der Waals surface area contributed by atoms with Gasteiger partial charge in [-0.25, -0.2) is 4.98 Å². The van der Waals surface area contributed by atoms with Gasteiger partial charge >= 0.3 is 0 Å². The van der Waals surface area contributed by atoms with Crippen LogP contribution in [0.1, 0.15) is 53.5 Å². The van der Waals surface area contributed by atoms with Gasteiger partial charge in [0, 0.05) is 18.1 Å². The molecule has 0 spiro atoms. The normalized spacial score (nSPS) is 15.7. The molecule has 0 radical (unpaired) electrons. The van der Waals surface area contributed by atoms with Crippen molar-refractivity contribution in [3.63, 3.8) is 0 Å². The number of thioether (sulfide) groups is 1. The molecule has 26 heavy (non-hydrogen) atoms. The van der Waals surface area contributed by atoms with Gasteiger partial charge in [-0.15, -0.1) is 0 Å². The summed E-state index contributed by atoms with van der Waals surface area (Å²) in [5.74, 6) is 0.0877. The molecule has 0 aliphatic heterocycles. The molecule has 6 heteroatoms. The lowest BCUT2D eigenvalue weighted by atomic mass is 10.2. The van der Waals surface area contributed by atoms with Gasteiger partial charge in [0.2, 0.25) is 5.91 Å². The first-order valence-corrected chi connectivity index (χ1v) is 10.2. The molecule has 1 aromatic carbocycles. The number of amides is 1. The summed E-state index contributed by atoms with van der Waals surface area (Å²) in [4.78, 5) is 32.5. The number of fused-ring (bicyclic) bond motifs is 1. The minimum atomic E-state index is -0.294. The molecule has 5 nitrogen and oxygen atoms in total. The van der Waals surface area contributed by atoms with Crippen molar-refractivity contribution < 1.29 is 4.79 Å². The summed E-state index contributed by atoms with van der Waals surface area (Å²) in [5, 5.41) is 1.01. The van der Waals surface area contributed by atoms with Crippen molar-refractivity contribution in [2.45, 2.75) is 76.0 Å². The van der Waals surface area contributed by atoms with Crippen LogP contribution in [0.4, 0.5) is 0 Å². The van der Waals surface area contributed by atoms with E-state index >= 15 is 0 Å². The molecule has 0 unspecified atom stereocenters. The number of aromatic nitrogens is 2. The number of nitrogens with zero attached hydrogens (tertiary/aromatic N) is 3. The van der Waals surface area contributed by atoms with E-state index in [1.807, 2.05) is 63.8 Å². The van der Waals surface area contributed by atoms with Gasteiger partial charge in [0.1, 0.15) is 0 Å². The number of rotatable bonds is 6. The van der Waals surface area contributed by atoms with Crippen LogP contribution in [0.5, 0.6) is 0 Å². The Bertz CT molecular complexity index is 863. The Hall–Kier alpha value is -1.82. The smallest absolute Gasteiger partial charge is 0.262 e. The average molecular weight is 374 g/mol. The zero-order valence-electron chi connectivity index (χ0n) is 16.1. The molecular weight excluding hydrogens is 346 g/mol. The standard InChI is InChI=1S/C20H27N3O2S/c1-12(2)22(13(3)4)18(24)14(5)26-20-21-17-9-7-6-8-16(17)19(25)23(20)15-10-11-15/h6-9,12-15H,10-11H2,1-5H3/t14-/m1/s1. The Kier molecular flexibility index (Phi) is 5.42. The van der Waals surface area contributed by atoms with Gasteiger partial charge in [0.25, 0.3) is 5.56 Å². The second kappa shape index (κ2) is 7.43. The maximum atomic E-state index is 13.0. The highest BCUT2D eigenvalue weighted by Gasteiger charge is 2.31. The summed E-state index contributed by atoms with van der Waals surface area (Å²) in [5.41, 5.74) is 0.700. The fourth-order valence-corrected chi connectivity index (χ4v) is 4.42. The van der Waals surface area contributed by atoms with Crippen LogP contribution < -0.4 is 5.56 Å². The summed E-state index contributed by atoms with van der Waals surface area (Å²) in [6, 6.07) is 7.94. The maximum Gasteiger partial charge on any atom is 0.262 e. The van der Waals surface area contributed by atoms with Gasteiger partial charge in [-0.05, 0) is 59.6 Å². The molecule has 1 aliphatic rings. The van der Waals surface area contributed by atoms with Crippen LogP contribution in [0.15, 0.2) is 34.2 Å². The molecule has 1 amide bonds. The number of carbonyl (C=O) groups is 1. The molecule has 140 valence electrons. The topological polar surface area (TPSA) is 55.2 Å². The van der Waals surface area contributed by atoms with Crippen molar-refractivity contribution >= 4 is 28.6 Å². The predicted octanol–water partition coefficient (Wildman–Crippen LogP) is 3.86. The van der Waals surface area contributed by atoms with E-state index in [-0.39, 0.29) is 34.8 Å². The summed E-state index contributed by atoms with van der Waals surface area (Å²) in [6.45, 7) is 10.0. The Morgan fingerprint density at radius 2 is 1.77 bits per heavy atom. The molecule has 1 heterocycles. The largest absolute Gasteiger partial charge is 0.337 e. The van der Waals surface area contributed by atoms with Gasteiger partial charge in [0.05, 0.1) is 16.2 Å². The number of para-hydroxylation sites is 1. The molecule has 2 aromatic rings. The molecule has 0 bridgehead atoms. The van der Waals surface area contributed by atoms with E-state index in [9.17, 15) is 9.59 Å². The van der Waals surface area contributed by atoms with Crippen molar-refractivity contribution in [3.05, 3.63) is 34.6 Å². The zero-order valence-corrected chi connectivity index (χ0v) is 16.9. The van der Waals surface area contributed by atoms with Gasteiger partial charge in [0.15, 0.2) is 5.16 Å². The number of benzene rings is 1. The first-order valence-electron chi connectivity index (χ1n) is 9.31. The lowest BCUT2D eigenvalue weighted by Gasteiger charge is -2.33. The highest BCUT2D eigenvalue weighted by Crippen LogP contribution is 2.37. The number of carbonyl (C=O) groups excluding carboxylic acids is 1. The van der Waals surface area contributed by atoms with Crippen molar-refractivity contribution in [3.8, 4) is 0 Å². The minimum Gasteiger partial charge on any atom is -0.337 e. The lowest BCUT2D eigenvalue weighted by Crippen LogP contribution is -2.45. The molecule has 1 aromatic heterocycles. The van der Waals surface area contributed by atoms with Crippen LogP contribution in [0.2, 0.25) is 0 Å².